The van der Waals surface area contributed by atoms with Crippen LogP contribution < -0.4 is 5.73 Å². The number of hydrogen-bond acceptors (Lipinski definition) is 3. The van der Waals surface area contributed by atoms with Gasteiger partial charge in [0, 0.05) is 24.0 Å². The molecule has 2 rings (SSSR count). The van der Waals surface area contributed by atoms with Crippen LogP contribution in [0.5, 0.6) is 0 Å². The number of aromatic nitrogens is 2. The van der Waals surface area contributed by atoms with Crippen LogP contribution in [0.2, 0.25) is 0 Å². The van der Waals surface area contributed by atoms with Gasteiger partial charge in [-0.2, -0.15) is 0 Å². The molecule has 2 aromatic rings. The molecule has 1 unspecified atom stereocenters. The van der Waals surface area contributed by atoms with Gasteiger partial charge in [-0.25, -0.2) is 9.97 Å². The molecular weight excluding hydrogens is 257 g/mol. The summed E-state index contributed by atoms with van der Waals surface area (Å²) >= 11 is 0. The van der Waals surface area contributed by atoms with E-state index in [1.54, 1.807) is 12.4 Å². The summed E-state index contributed by atoms with van der Waals surface area (Å²) in [6, 6.07) is 8.22. The molecule has 92 valence electrons. The van der Waals surface area contributed by atoms with E-state index in [1.165, 1.54) is 6.33 Å². The van der Waals surface area contributed by atoms with E-state index in [-0.39, 0.29) is 30.9 Å². The normalized spacial score (nSPS) is 10.9. The van der Waals surface area contributed by atoms with Crippen molar-refractivity contribution >= 4 is 24.8 Å². The summed E-state index contributed by atoms with van der Waals surface area (Å²) in [5, 5.41) is 0. The Balaban J connectivity index is 0.00000128. The molecule has 17 heavy (non-hydrogen) atoms. The molecular formula is C12H15Cl2N3. The third-order valence-electron chi connectivity index (χ3n) is 2.33. The zero-order valence-corrected chi connectivity index (χ0v) is 11.0. The quantitative estimate of drug-likeness (QED) is 0.914. The molecule has 0 bridgehead atoms. The summed E-state index contributed by atoms with van der Waals surface area (Å²) in [6.07, 6.45) is 5.13. The van der Waals surface area contributed by atoms with E-state index in [0.717, 1.165) is 16.7 Å². The Morgan fingerprint density at radius 1 is 0.941 bits per heavy atom. The molecule has 0 spiro atoms. The predicted molar refractivity (Wildman–Crippen MR) is 74.6 cm³/mol. The fourth-order valence-electron chi connectivity index (χ4n) is 1.43. The molecule has 1 aromatic heterocycles. The van der Waals surface area contributed by atoms with Crippen molar-refractivity contribution in [3.8, 4) is 11.1 Å². The van der Waals surface area contributed by atoms with E-state index < -0.39 is 0 Å². The summed E-state index contributed by atoms with van der Waals surface area (Å²) in [6.45, 7) is 1.97. The van der Waals surface area contributed by atoms with Gasteiger partial charge < -0.3 is 5.73 Å². The third-order valence-corrected chi connectivity index (χ3v) is 2.33. The Morgan fingerprint density at radius 3 is 1.94 bits per heavy atom. The lowest BCUT2D eigenvalue weighted by atomic mass is 10.0. The number of hydrogen-bond donors (Lipinski definition) is 1. The first-order valence-corrected chi connectivity index (χ1v) is 4.88. The number of benzene rings is 1. The average Bonchev–Trinajstić information content (AvgIpc) is 2.30. The molecule has 0 aliphatic carbocycles. The van der Waals surface area contributed by atoms with Crippen molar-refractivity contribution < 1.29 is 0 Å². The second-order valence-electron chi connectivity index (χ2n) is 3.54. The van der Waals surface area contributed by atoms with Gasteiger partial charge in [-0.3, -0.25) is 0 Å². The van der Waals surface area contributed by atoms with Gasteiger partial charge in [-0.1, -0.05) is 24.3 Å². The molecule has 0 amide bonds. The maximum Gasteiger partial charge on any atom is 0.115 e. The minimum atomic E-state index is 0. The van der Waals surface area contributed by atoms with E-state index in [0.29, 0.717) is 0 Å². The highest BCUT2D eigenvalue weighted by molar-refractivity contribution is 5.85. The van der Waals surface area contributed by atoms with E-state index in [4.69, 9.17) is 5.73 Å². The lowest BCUT2D eigenvalue weighted by molar-refractivity contribution is 0.818. The molecule has 0 aliphatic rings. The summed E-state index contributed by atoms with van der Waals surface area (Å²) < 4.78 is 0. The number of nitrogens with two attached hydrogens (primary N) is 1. The Labute approximate surface area is 113 Å². The van der Waals surface area contributed by atoms with Crippen LogP contribution in [0, 0.1) is 0 Å². The van der Waals surface area contributed by atoms with Gasteiger partial charge in [0.05, 0.1) is 0 Å². The van der Waals surface area contributed by atoms with Gasteiger partial charge >= 0.3 is 0 Å². The molecule has 0 fully saturated rings. The highest BCUT2D eigenvalue weighted by atomic mass is 35.5. The number of halogens is 2. The first kappa shape index (κ1) is 15.8. The molecule has 0 aliphatic heterocycles. The maximum atomic E-state index is 5.78. The van der Waals surface area contributed by atoms with E-state index >= 15 is 0 Å². The van der Waals surface area contributed by atoms with Crippen molar-refractivity contribution in [3.63, 3.8) is 0 Å². The van der Waals surface area contributed by atoms with Crippen LogP contribution >= 0.6 is 24.8 Å². The van der Waals surface area contributed by atoms with E-state index in [2.05, 4.69) is 9.97 Å². The summed E-state index contributed by atoms with van der Waals surface area (Å²) in [4.78, 5) is 7.97. The Bertz CT molecular complexity index is 429. The molecule has 3 nitrogen and oxygen atoms in total. The fourth-order valence-corrected chi connectivity index (χ4v) is 1.43. The van der Waals surface area contributed by atoms with Gasteiger partial charge in [-0.15, -0.1) is 24.8 Å². The fraction of sp³-hybridized carbons (Fsp3) is 0.167. The second-order valence-corrected chi connectivity index (χ2v) is 3.54. The molecule has 1 heterocycles. The van der Waals surface area contributed by atoms with Crippen LogP contribution in [0.25, 0.3) is 11.1 Å². The van der Waals surface area contributed by atoms with Crippen LogP contribution in [0.15, 0.2) is 43.0 Å². The first-order valence-electron chi connectivity index (χ1n) is 4.88. The van der Waals surface area contributed by atoms with Crippen molar-refractivity contribution in [2.75, 3.05) is 0 Å². The van der Waals surface area contributed by atoms with Gasteiger partial charge in [0.1, 0.15) is 6.33 Å². The minimum absolute atomic E-state index is 0. The Morgan fingerprint density at radius 2 is 1.47 bits per heavy atom. The van der Waals surface area contributed by atoms with Crippen molar-refractivity contribution in [2.45, 2.75) is 13.0 Å². The smallest absolute Gasteiger partial charge is 0.115 e. The highest BCUT2D eigenvalue weighted by Crippen LogP contribution is 2.19. The van der Waals surface area contributed by atoms with E-state index in [9.17, 15) is 0 Å². The largest absolute Gasteiger partial charge is 0.324 e. The van der Waals surface area contributed by atoms with Crippen LogP contribution in [-0.4, -0.2) is 9.97 Å². The summed E-state index contributed by atoms with van der Waals surface area (Å²) in [5.41, 5.74) is 9.05. The number of nitrogens with zero attached hydrogens (tertiary/aromatic N) is 2. The number of rotatable bonds is 2. The van der Waals surface area contributed by atoms with Crippen LogP contribution in [0.1, 0.15) is 18.5 Å². The molecule has 2 N–H and O–H groups in total. The molecule has 5 heteroatoms. The van der Waals surface area contributed by atoms with E-state index in [1.807, 2.05) is 31.2 Å². The lowest BCUT2D eigenvalue weighted by Gasteiger charge is -2.06. The van der Waals surface area contributed by atoms with Crippen LogP contribution in [-0.2, 0) is 0 Å². The van der Waals surface area contributed by atoms with Gasteiger partial charge in [0.2, 0.25) is 0 Å². The standard InChI is InChI=1S/C12H13N3.2ClH/c1-9(13)10-2-4-11(5-3-10)12-6-14-8-15-7-12;;/h2-9H,13H2,1H3;2*1H. The van der Waals surface area contributed by atoms with Crippen molar-refractivity contribution in [1.29, 1.82) is 0 Å². The predicted octanol–water partition coefficient (Wildman–Crippen LogP) is 3.01. The van der Waals surface area contributed by atoms with Gasteiger partial charge in [0.25, 0.3) is 0 Å². The van der Waals surface area contributed by atoms with Crippen molar-refractivity contribution in [3.05, 3.63) is 48.5 Å². The van der Waals surface area contributed by atoms with Crippen LogP contribution in [0.4, 0.5) is 0 Å². The lowest BCUT2D eigenvalue weighted by Crippen LogP contribution is -2.04. The Hall–Kier alpha value is -1.16. The maximum absolute atomic E-state index is 5.78. The molecule has 0 radical (unpaired) electrons. The second kappa shape index (κ2) is 7.22. The van der Waals surface area contributed by atoms with Crippen LogP contribution in [0.3, 0.4) is 0 Å². The monoisotopic (exact) mass is 271 g/mol. The zero-order chi connectivity index (χ0) is 10.7. The highest BCUT2D eigenvalue weighted by Gasteiger charge is 2.00. The SMILES string of the molecule is CC(N)c1ccc(-c2cncnc2)cc1.Cl.Cl. The van der Waals surface area contributed by atoms with Gasteiger partial charge in [-0.05, 0) is 18.1 Å². The molecule has 1 atom stereocenters. The summed E-state index contributed by atoms with van der Waals surface area (Å²) in [7, 11) is 0. The van der Waals surface area contributed by atoms with Crippen molar-refractivity contribution in [1.82, 2.24) is 9.97 Å². The zero-order valence-electron chi connectivity index (χ0n) is 9.41. The molecule has 0 saturated carbocycles. The average molecular weight is 272 g/mol. The topological polar surface area (TPSA) is 51.8 Å². The minimum Gasteiger partial charge on any atom is -0.324 e. The third kappa shape index (κ3) is 3.97. The first-order chi connectivity index (χ1) is 7.27. The molecule has 0 saturated heterocycles. The Kier molecular flexibility index (Phi) is 6.73. The summed E-state index contributed by atoms with van der Waals surface area (Å²) in [5.74, 6) is 0. The van der Waals surface area contributed by atoms with Crippen molar-refractivity contribution in [2.24, 2.45) is 5.73 Å². The molecule has 1 aromatic carbocycles. The van der Waals surface area contributed by atoms with Gasteiger partial charge in [0.15, 0.2) is 0 Å².